The van der Waals surface area contributed by atoms with Gasteiger partial charge in [0.1, 0.15) is 0 Å². The van der Waals surface area contributed by atoms with Crippen molar-refractivity contribution in [2.24, 2.45) is 11.3 Å². The molecule has 3 heteroatoms. The van der Waals surface area contributed by atoms with Crippen molar-refractivity contribution in [3.8, 4) is 0 Å². The van der Waals surface area contributed by atoms with Crippen LogP contribution in [0.2, 0.25) is 0 Å². The number of hydrogen-bond acceptors (Lipinski definition) is 3. The Bertz CT molecular complexity index is 206. The zero-order valence-electron chi connectivity index (χ0n) is 12.0. The quantitative estimate of drug-likeness (QED) is 0.622. The van der Waals surface area contributed by atoms with Gasteiger partial charge in [0, 0.05) is 0 Å². The van der Waals surface area contributed by atoms with E-state index in [1.807, 2.05) is 20.8 Å². The summed E-state index contributed by atoms with van der Waals surface area (Å²) in [5.41, 5.74) is -0.00854. The normalized spacial score (nSPS) is 13.2. The zero-order chi connectivity index (χ0) is 13.3. The Morgan fingerprint density at radius 1 is 1.18 bits per heavy atom. The number of hydrogen-bond donors (Lipinski definition) is 0. The first kappa shape index (κ1) is 16.3. The summed E-state index contributed by atoms with van der Waals surface area (Å²) in [7, 11) is 0. The summed E-state index contributed by atoms with van der Waals surface area (Å²) in [6.07, 6.45) is 4.02. The van der Waals surface area contributed by atoms with Gasteiger partial charge in [-0.1, -0.05) is 53.9 Å². The number of unbranched alkanes of at least 4 members (excludes halogenated alkanes) is 1. The van der Waals surface area contributed by atoms with Crippen molar-refractivity contribution >= 4 is 6.16 Å². The lowest BCUT2D eigenvalue weighted by Crippen LogP contribution is -2.21. The largest absolute Gasteiger partial charge is 0.508 e. The summed E-state index contributed by atoms with van der Waals surface area (Å²) in [5, 5.41) is 0. The van der Waals surface area contributed by atoms with Crippen molar-refractivity contribution in [1.82, 2.24) is 0 Å². The van der Waals surface area contributed by atoms with Crippen molar-refractivity contribution in [2.75, 3.05) is 13.2 Å². The highest BCUT2D eigenvalue weighted by atomic mass is 16.7. The molecule has 3 nitrogen and oxygen atoms in total. The molecule has 0 aliphatic rings. The van der Waals surface area contributed by atoms with Gasteiger partial charge in [0.05, 0.1) is 13.2 Å². The average Bonchev–Trinajstić information content (AvgIpc) is 2.25. The molecular weight excluding hydrogens is 216 g/mol. The number of ether oxygens (including phenoxy) is 2. The summed E-state index contributed by atoms with van der Waals surface area (Å²) < 4.78 is 10.2. The first-order valence-corrected chi connectivity index (χ1v) is 6.68. The van der Waals surface area contributed by atoms with Gasteiger partial charge in [-0.15, -0.1) is 0 Å². The first-order valence-electron chi connectivity index (χ1n) is 6.68. The third-order valence-electron chi connectivity index (χ3n) is 2.60. The number of carbonyl (C=O) groups excluding carboxylic acids is 1. The summed E-state index contributed by atoms with van der Waals surface area (Å²) >= 11 is 0. The Morgan fingerprint density at radius 2 is 1.82 bits per heavy atom. The monoisotopic (exact) mass is 244 g/mol. The topological polar surface area (TPSA) is 35.5 Å². The van der Waals surface area contributed by atoms with Gasteiger partial charge in [-0.2, -0.15) is 0 Å². The van der Waals surface area contributed by atoms with Gasteiger partial charge in [0.15, 0.2) is 0 Å². The fourth-order valence-electron chi connectivity index (χ4n) is 1.40. The second kappa shape index (κ2) is 8.37. The molecule has 0 aliphatic heterocycles. The van der Waals surface area contributed by atoms with E-state index in [9.17, 15) is 4.79 Å². The van der Waals surface area contributed by atoms with E-state index in [1.165, 1.54) is 12.8 Å². The van der Waals surface area contributed by atoms with Gasteiger partial charge in [-0.25, -0.2) is 4.79 Å². The van der Waals surface area contributed by atoms with E-state index in [0.717, 1.165) is 12.8 Å². The van der Waals surface area contributed by atoms with Crippen molar-refractivity contribution in [2.45, 2.75) is 60.3 Å². The van der Waals surface area contributed by atoms with Crippen LogP contribution in [0.3, 0.4) is 0 Å². The second-order valence-electron chi connectivity index (χ2n) is 5.83. The Labute approximate surface area is 106 Å². The highest BCUT2D eigenvalue weighted by Crippen LogP contribution is 2.15. The molecule has 0 amide bonds. The van der Waals surface area contributed by atoms with Crippen molar-refractivity contribution in [3.63, 3.8) is 0 Å². The van der Waals surface area contributed by atoms with Crippen LogP contribution in [0, 0.1) is 11.3 Å². The fraction of sp³-hybridized carbons (Fsp3) is 0.929. The van der Waals surface area contributed by atoms with Crippen LogP contribution in [-0.4, -0.2) is 19.4 Å². The molecular formula is C14H28O3. The molecule has 0 aromatic heterocycles. The number of carbonyl (C=O) groups is 1. The lowest BCUT2D eigenvalue weighted by Gasteiger charge is -2.19. The van der Waals surface area contributed by atoms with Crippen LogP contribution in [0.5, 0.6) is 0 Å². The van der Waals surface area contributed by atoms with E-state index in [0.29, 0.717) is 19.1 Å². The van der Waals surface area contributed by atoms with Crippen LogP contribution in [0.4, 0.5) is 4.79 Å². The third-order valence-corrected chi connectivity index (χ3v) is 2.60. The number of rotatable bonds is 7. The van der Waals surface area contributed by atoms with Crippen LogP contribution >= 0.6 is 0 Å². The molecule has 0 bridgehead atoms. The maximum atomic E-state index is 11.3. The molecule has 0 radical (unpaired) electrons. The molecule has 0 saturated heterocycles. The Kier molecular flexibility index (Phi) is 8.01. The summed E-state index contributed by atoms with van der Waals surface area (Å²) in [6, 6.07) is 0. The standard InChI is InChI=1S/C14H28O3/c1-6-8-9-12(7-2)10-16-13(15)17-11-14(3,4)5/h12H,6-11H2,1-5H3. The van der Waals surface area contributed by atoms with E-state index in [1.54, 1.807) is 0 Å². The SMILES string of the molecule is CCCCC(CC)COC(=O)OCC(C)(C)C. The minimum Gasteiger partial charge on any atom is -0.434 e. The van der Waals surface area contributed by atoms with Crippen molar-refractivity contribution in [1.29, 1.82) is 0 Å². The smallest absolute Gasteiger partial charge is 0.434 e. The average molecular weight is 244 g/mol. The Balaban J connectivity index is 3.73. The minimum atomic E-state index is -0.533. The summed E-state index contributed by atoms with van der Waals surface area (Å²) in [5.74, 6) is 0.470. The van der Waals surface area contributed by atoms with E-state index >= 15 is 0 Å². The van der Waals surface area contributed by atoms with Crippen LogP contribution in [0.15, 0.2) is 0 Å². The van der Waals surface area contributed by atoms with Gasteiger partial charge in [0.2, 0.25) is 0 Å². The molecule has 0 N–H and O–H groups in total. The first-order chi connectivity index (χ1) is 7.89. The maximum absolute atomic E-state index is 11.3. The summed E-state index contributed by atoms with van der Waals surface area (Å²) in [6.45, 7) is 11.3. The fourth-order valence-corrected chi connectivity index (χ4v) is 1.40. The minimum absolute atomic E-state index is 0.00854. The lowest BCUT2D eigenvalue weighted by atomic mass is 9.99. The molecule has 1 atom stereocenters. The molecule has 1 unspecified atom stereocenters. The molecule has 0 aromatic rings. The molecule has 17 heavy (non-hydrogen) atoms. The van der Waals surface area contributed by atoms with E-state index < -0.39 is 6.16 Å². The van der Waals surface area contributed by atoms with E-state index in [2.05, 4.69) is 13.8 Å². The van der Waals surface area contributed by atoms with E-state index in [-0.39, 0.29) is 5.41 Å². The molecule has 0 aromatic carbocycles. The molecule has 102 valence electrons. The second-order valence-corrected chi connectivity index (χ2v) is 5.83. The molecule has 0 aliphatic carbocycles. The predicted octanol–water partition coefficient (Wildman–Crippen LogP) is 4.40. The Morgan fingerprint density at radius 3 is 2.29 bits per heavy atom. The van der Waals surface area contributed by atoms with Gasteiger partial charge < -0.3 is 9.47 Å². The van der Waals surface area contributed by atoms with Crippen LogP contribution in [0.1, 0.15) is 60.3 Å². The molecule has 0 rings (SSSR count). The van der Waals surface area contributed by atoms with Crippen LogP contribution < -0.4 is 0 Å². The summed E-state index contributed by atoms with van der Waals surface area (Å²) in [4.78, 5) is 11.3. The van der Waals surface area contributed by atoms with Gasteiger partial charge >= 0.3 is 6.16 Å². The zero-order valence-corrected chi connectivity index (χ0v) is 12.0. The predicted molar refractivity (Wildman–Crippen MR) is 70.1 cm³/mol. The van der Waals surface area contributed by atoms with Crippen molar-refractivity contribution < 1.29 is 14.3 Å². The molecule has 0 fully saturated rings. The third kappa shape index (κ3) is 10.2. The lowest BCUT2D eigenvalue weighted by molar-refractivity contribution is 0.0234. The van der Waals surface area contributed by atoms with Gasteiger partial charge in [-0.3, -0.25) is 0 Å². The maximum Gasteiger partial charge on any atom is 0.508 e. The highest BCUT2D eigenvalue weighted by Gasteiger charge is 2.15. The molecule has 0 saturated carbocycles. The Hall–Kier alpha value is -0.730. The van der Waals surface area contributed by atoms with Gasteiger partial charge in [-0.05, 0) is 17.8 Å². The van der Waals surface area contributed by atoms with Crippen LogP contribution in [-0.2, 0) is 9.47 Å². The van der Waals surface area contributed by atoms with Crippen molar-refractivity contribution in [3.05, 3.63) is 0 Å². The van der Waals surface area contributed by atoms with Gasteiger partial charge in [0.25, 0.3) is 0 Å². The van der Waals surface area contributed by atoms with E-state index in [4.69, 9.17) is 9.47 Å². The molecule has 0 spiro atoms. The molecule has 0 heterocycles. The highest BCUT2D eigenvalue weighted by molar-refractivity contribution is 5.59. The van der Waals surface area contributed by atoms with Crippen LogP contribution in [0.25, 0.3) is 0 Å².